The highest BCUT2D eigenvalue weighted by molar-refractivity contribution is 9.10. The standard InChI is InChI=1S/C16H15BrClN3O4S/c17-12-7-11(9-19-10-12)16(22)20-13-1-2-14(18)15(8-13)26(23,24)21-3-5-25-6-4-21/h1-2,7-10H,3-6H2,(H,20,22). The van der Waals surface area contributed by atoms with Crippen molar-refractivity contribution >= 4 is 49.1 Å². The molecule has 3 rings (SSSR count). The van der Waals surface area contributed by atoms with Gasteiger partial charge in [-0.25, -0.2) is 8.42 Å². The van der Waals surface area contributed by atoms with Gasteiger partial charge >= 0.3 is 0 Å². The summed E-state index contributed by atoms with van der Waals surface area (Å²) in [4.78, 5) is 16.2. The molecule has 0 atom stereocenters. The zero-order chi connectivity index (χ0) is 18.7. The molecule has 10 heteroatoms. The van der Waals surface area contributed by atoms with Crippen molar-refractivity contribution in [1.29, 1.82) is 0 Å². The number of hydrogen-bond acceptors (Lipinski definition) is 5. The number of anilines is 1. The summed E-state index contributed by atoms with van der Waals surface area (Å²) in [6.45, 7) is 1.20. The van der Waals surface area contributed by atoms with Gasteiger partial charge in [0.25, 0.3) is 5.91 Å². The number of aromatic nitrogens is 1. The third-order valence-electron chi connectivity index (χ3n) is 3.74. The van der Waals surface area contributed by atoms with Crippen LogP contribution in [-0.2, 0) is 14.8 Å². The lowest BCUT2D eigenvalue weighted by Crippen LogP contribution is -2.40. The predicted molar refractivity (Wildman–Crippen MR) is 101 cm³/mol. The van der Waals surface area contributed by atoms with E-state index in [0.717, 1.165) is 0 Å². The number of carbonyl (C=O) groups excluding carboxylic acids is 1. The van der Waals surface area contributed by atoms with Gasteiger partial charge in [0.1, 0.15) is 4.90 Å². The Hall–Kier alpha value is -1.52. The van der Waals surface area contributed by atoms with Gasteiger partial charge in [-0.3, -0.25) is 9.78 Å². The zero-order valence-electron chi connectivity index (χ0n) is 13.5. The molecule has 0 saturated carbocycles. The van der Waals surface area contributed by atoms with Gasteiger partial charge in [-0.2, -0.15) is 4.31 Å². The summed E-state index contributed by atoms with van der Waals surface area (Å²) in [6.07, 6.45) is 2.98. The van der Waals surface area contributed by atoms with Crippen LogP contribution in [0.2, 0.25) is 5.02 Å². The van der Waals surface area contributed by atoms with Crippen molar-refractivity contribution in [2.24, 2.45) is 0 Å². The maximum atomic E-state index is 12.8. The average molecular weight is 461 g/mol. The fourth-order valence-corrected chi connectivity index (χ4v) is 4.72. The highest BCUT2D eigenvalue weighted by atomic mass is 79.9. The maximum absolute atomic E-state index is 12.8. The van der Waals surface area contributed by atoms with E-state index in [1.165, 1.54) is 22.6 Å². The largest absolute Gasteiger partial charge is 0.379 e. The van der Waals surface area contributed by atoms with Gasteiger partial charge in [-0.1, -0.05) is 11.6 Å². The number of amides is 1. The summed E-state index contributed by atoms with van der Waals surface area (Å²) in [5.74, 6) is -0.407. The van der Waals surface area contributed by atoms with Crippen LogP contribution < -0.4 is 5.32 Å². The van der Waals surface area contributed by atoms with Gasteiger partial charge in [0, 0.05) is 35.6 Å². The third kappa shape index (κ3) is 4.24. The number of rotatable bonds is 4. The molecule has 1 aliphatic heterocycles. The van der Waals surface area contributed by atoms with Crippen LogP contribution >= 0.6 is 27.5 Å². The molecule has 2 aromatic rings. The Morgan fingerprint density at radius 3 is 2.65 bits per heavy atom. The minimum absolute atomic E-state index is 0.0498. The van der Waals surface area contributed by atoms with Crippen LogP contribution in [0, 0.1) is 0 Å². The van der Waals surface area contributed by atoms with Crippen molar-refractivity contribution in [1.82, 2.24) is 9.29 Å². The molecular weight excluding hydrogens is 446 g/mol. The van der Waals surface area contributed by atoms with E-state index >= 15 is 0 Å². The van der Waals surface area contributed by atoms with E-state index in [1.54, 1.807) is 18.3 Å². The molecule has 1 aliphatic rings. The molecular formula is C16H15BrClN3O4S. The average Bonchev–Trinajstić information content (AvgIpc) is 2.64. The van der Waals surface area contributed by atoms with Crippen molar-refractivity contribution in [2.75, 3.05) is 31.6 Å². The van der Waals surface area contributed by atoms with E-state index in [-0.39, 0.29) is 23.0 Å². The monoisotopic (exact) mass is 459 g/mol. The Kier molecular flexibility index (Phi) is 5.93. The lowest BCUT2D eigenvalue weighted by Gasteiger charge is -2.26. The molecule has 1 fully saturated rings. The molecule has 2 heterocycles. The third-order valence-corrected chi connectivity index (χ3v) is 6.56. The molecule has 1 saturated heterocycles. The molecule has 0 aliphatic carbocycles. The van der Waals surface area contributed by atoms with Gasteiger partial charge in [0.2, 0.25) is 10.0 Å². The Morgan fingerprint density at radius 2 is 1.96 bits per heavy atom. The molecule has 0 bridgehead atoms. The first-order valence-electron chi connectivity index (χ1n) is 7.67. The second-order valence-electron chi connectivity index (χ2n) is 5.51. The second kappa shape index (κ2) is 8.01. The van der Waals surface area contributed by atoms with Crippen molar-refractivity contribution in [2.45, 2.75) is 4.90 Å². The van der Waals surface area contributed by atoms with E-state index in [9.17, 15) is 13.2 Å². The molecule has 0 unspecified atom stereocenters. The lowest BCUT2D eigenvalue weighted by atomic mass is 10.2. The first-order valence-corrected chi connectivity index (χ1v) is 10.3. The van der Waals surface area contributed by atoms with Gasteiger partial charge in [-0.05, 0) is 40.2 Å². The number of hydrogen-bond donors (Lipinski definition) is 1. The molecule has 0 radical (unpaired) electrons. The maximum Gasteiger partial charge on any atom is 0.257 e. The summed E-state index contributed by atoms with van der Waals surface area (Å²) >= 11 is 9.36. The number of nitrogens with one attached hydrogen (secondary N) is 1. The highest BCUT2D eigenvalue weighted by Crippen LogP contribution is 2.28. The summed E-state index contributed by atoms with van der Waals surface area (Å²) in [6, 6.07) is 5.97. The Bertz CT molecular complexity index is 933. The van der Waals surface area contributed by atoms with E-state index in [2.05, 4.69) is 26.2 Å². The fourth-order valence-electron chi connectivity index (χ4n) is 2.44. The zero-order valence-corrected chi connectivity index (χ0v) is 16.6. The molecule has 1 aromatic heterocycles. The van der Waals surface area contributed by atoms with Crippen LogP contribution in [0.15, 0.2) is 46.0 Å². The Balaban J connectivity index is 1.86. The van der Waals surface area contributed by atoms with Gasteiger partial charge < -0.3 is 10.1 Å². The van der Waals surface area contributed by atoms with Crippen LogP contribution in [0.1, 0.15) is 10.4 Å². The van der Waals surface area contributed by atoms with Gasteiger partial charge in [-0.15, -0.1) is 0 Å². The summed E-state index contributed by atoms with van der Waals surface area (Å²) in [5, 5.41) is 2.76. The van der Waals surface area contributed by atoms with E-state index in [1.807, 2.05) is 0 Å². The fraction of sp³-hybridized carbons (Fsp3) is 0.250. The predicted octanol–water partition coefficient (Wildman–Crippen LogP) is 2.77. The molecule has 1 N–H and O–H groups in total. The number of morpholine rings is 1. The van der Waals surface area contributed by atoms with Gasteiger partial charge in [0.15, 0.2) is 0 Å². The summed E-state index contributed by atoms with van der Waals surface area (Å²) < 4.78 is 32.8. The minimum Gasteiger partial charge on any atom is -0.379 e. The summed E-state index contributed by atoms with van der Waals surface area (Å²) in [5.41, 5.74) is 0.665. The summed E-state index contributed by atoms with van der Waals surface area (Å²) in [7, 11) is -3.77. The topological polar surface area (TPSA) is 88.6 Å². The quantitative estimate of drug-likeness (QED) is 0.758. The lowest BCUT2D eigenvalue weighted by molar-refractivity contribution is 0.0730. The highest BCUT2D eigenvalue weighted by Gasteiger charge is 2.28. The van der Waals surface area contributed by atoms with Crippen LogP contribution in [0.5, 0.6) is 0 Å². The minimum atomic E-state index is -3.77. The number of carbonyl (C=O) groups is 1. The molecule has 0 spiro atoms. The van der Waals surface area contributed by atoms with E-state index in [0.29, 0.717) is 28.9 Å². The van der Waals surface area contributed by atoms with Gasteiger partial charge in [0.05, 0.1) is 23.8 Å². The Morgan fingerprint density at radius 1 is 1.23 bits per heavy atom. The first-order chi connectivity index (χ1) is 12.4. The number of halogens is 2. The van der Waals surface area contributed by atoms with Crippen molar-refractivity contribution in [3.63, 3.8) is 0 Å². The van der Waals surface area contributed by atoms with Crippen molar-refractivity contribution in [3.8, 4) is 0 Å². The number of benzene rings is 1. The van der Waals surface area contributed by atoms with E-state index in [4.69, 9.17) is 16.3 Å². The first kappa shape index (κ1) is 19.2. The molecule has 26 heavy (non-hydrogen) atoms. The van der Waals surface area contributed by atoms with Crippen LogP contribution in [0.25, 0.3) is 0 Å². The smallest absolute Gasteiger partial charge is 0.257 e. The second-order valence-corrected chi connectivity index (χ2v) is 8.74. The number of ether oxygens (including phenoxy) is 1. The van der Waals surface area contributed by atoms with E-state index < -0.39 is 15.9 Å². The molecule has 7 nitrogen and oxygen atoms in total. The van der Waals surface area contributed by atoms with Crippen LogP contribution in [0.4, 0.5) is 5.69 Å². The van der Waals surface area contributed by atoms with Crippen LogP contribution in [-0.4, -0.2) is 49.9 Å². The number of pyridine rings is 1. The Labute approximate surface area is 164 Å². The number of nitrogens with zero attached hydrogens (tertiary/aromatic N) is 2. The normalized spacial score (nSPS) is 15.6. The van der Waals surface area contributed by atoms with Crippen molar-refractivity contribution < 1.29 is 17.9 Å². The molecule has 138 valence electrons. The van der Waals surface area contributed by atoms with Crippen LogP contribution in [0.3, 0.4) is 0 Å². The molecule has 1 aromatic carbocycles. The van der Waals surface area contributed by atoms with Crippen molar-refractivity contribution in [3.05, 3.63) is 51.7 Å². The molecule has 1 amide bonds. The number of sulfonamides is 1. The SMILES string of the molecule is O=C(Nc1ccc(Cl)c(S(=O)(=O)N2CCOCC2)c1)c1cncc(Br)c1.